The predicted molar refractivity (Wildman–Crippen MR) is 197 cm³/mol. The van der Waals surface area contributed by atoms with E-state index in [1.807, 2.05) is 0 Å². The molecule has 0 N–H and O–H groups in total. The van der Waals surface area contributed by atoms with Crippen molar-refractivity contribution in [2.45, 2.75) is 96.0 Å². The van der Waals surface area contributed by atoms with Gasteiger partial charge in [-0.3, -0.25) is 0 Å². The fraction of sp³-hybridized carbons (Fsp3) is 0.356. The molecule has 0 fully saturated rings. The minimum atomic E-state index is -2.98. The number of fused-ring (bicyclic) bond motifs is 3. The Hall–Kier alpha value is -2.89. The van der Waals surface area contributed by atoms with E-state index in [1.165, 1.54) is 39.0 Å². The molecule has 0 amide bonds. The van der Waals surface area contributed by atoms with Crippen molar-refractivity contribution in [2.24, 2.45) is 5.41 Å². The van der Waals surface area contributed by atoms with Crippen LogP contribution >= 0.6 is 0 Å². The molecule has 1 atom stereocenters. The van der Waals surface area contributed by atoms with E-state index in [0.29, 0.717) is 0 Å². The van der Waals surface area contributed by atoms with Crippen LogP contribution in [0.3, 0.4) is 0 Å². The van der Waals surface area contributed by atoms with Crippen LogP contribution in [0.1, 0.15) is 109 Å². The zero-order valence-electron chi connectivity index (χ0n) is 29.8. The minimum absolute atomic E-state index is 0.0202. The molecule has 2 aliphatic carbocycles. The molecule has 0 saturated heterocycles. The van der Waals surface area contributed by atoms with E-state index in [-0.39, 0.29) is 19.4 Å². The SMILES string of the molecule is CC[C]1([Zr](=[C](c2ccccc2)c2ccccc2)[c]2c(C(C)(C)C)ccc3c2Cc2cc(C(C)(C)C)ccc2-3)C=CC(C(C)(C)C)=C1. The van der Waals surface area contributed by atoms with Crippen molar-refractivity contribution in [3.8, 4) is 11.1 Å². The second kappa shape index (κ2) is 12.0. The summed E-state index contributed by atoms with van der Waals surface area (Å²) in [5.41, 5.74) is 13.5. The first kappa shape index (κ1) is 33.0. The molecule has 0 bridgehead atoms. The number of benzene rings is 4. The van der Waals surface area contributed by atoms with Gasteiger partial charge in [-0.15, -0.1) is 0 Å². The van der Waals surface area contributed by atoms with Crippen LogP contribution < -0.4 is 3.27 Å². The molecular formula is C45H52Zr. The summed E-state index contributed by atoms with van der Waals surface area (Å²) >= 11 is -2.98. The molecule has 0 saturated carbocycles. The number of allylic oxidation sites excluding steroid dienone is 4. The Morgan fingerprint density at radius 3 is 1.76 bits per heavy atom. The van der Waals surface area contributed by atoms with Crippen LogP contribution in [-0.4, -0.2) is 3.21 Å². The first-order chi connectivity index (χ1) is 21.6. The van der Waals surface area contributed by atoms with Gasteiger partial charge in [-0.05, 0) is 0 Å². The Balaban J connectivity index is 1.79. The summed E-state index contributed by atoms with van der Waals surface area (Å²) in [6.45, 7) is 23.9. The van der Waals surface area contributed by atoms with E-state index in [4.69, 9.17) is 0 Å². The molecule has 2 aliphatic rings. The molecule has 1 unspecified atom stereocenters. The molecule has 0 aliphatic heterocycles. The number of rotatable bonds is 5. The average molecular weight is 684 g/mol. The van der Waals surface area contributed by atoms with Crippen molar-refractivity contribution in [3.63, 3.8) is 0 Å². The molecule has 1 heteroatoms. The number of hydrogen-bond acceptors (Lipinski definition) is 0. The fourth-order valence-corrected chi connectivity index (χ4v) is 18.0. The van der Waals surface area contributed by atoms with Gasteiger partial charge in [0.05, 0.1) is 0 Å². The maximum atomic E-state index is 2.74. The quantitative estimate of drug-likeness (QED) is 0.173. The van der Waals surface area contributed by atoms with Crippen molar-refractivity contribution < 1.29 is 21.3 Å². The summed E-state index contributed by atoms with van der Waals surface area (Å²) in [6.07, 6.45) is 10.0. The third-order valence-corrected chi connectivity index (χ3v) is 19.5. The molecule has 46 heavy (non-hydrogen) atoms. The zero-order chi connectivity index (χ0) is 33.1. The van der Waals surface area contributed by atoms with Crippen molar-refractivity contribution in [1.29, 1.82) is 0 Å². The summed E-state index contributed by atoms with van der Waals surface area (Å²) in [5.74, 6) is 0. The van der Waals surface area contributed by atoms with Gasteiger partial charge in [-0.1, -0.05) is 0 Å². The van der Waals surface area contributed by atoms with Gasteiger partial charge in [0.25, 0.3) is 0 Å². The summed E-state index contributed by atoms with van der Waals surface area (Å²) in [7, 11) is 0. The van der Waals surface area contributed by atoms with Gasteiger partial charge in [0, 0.05) is 0 Å². The van der Waals surface area contributed by atoms with E-state index >= 15 is 0 Å². The van der Waals surface area contributed by atoms with Gasteiger partial charge in [-0.25, -0.2) is 0 Å². The molecule has 236 valence electrons. The van der Waals surface area contributed by atoms with E-state index < -0.39 is 21.3 Å². The Morgan fingerprint density at radius 2 is 1.26 bits per heavy atom. The Bertz CT molecular complexity index is 1820. The van der Waals surface area contributed by atoms with Crippen LogP contribution in [0.4, 0.5) is 0 Å². The summed E-state index contributed by atoms with van der Waals surface area (Å²) < 4.78 is 3.36. The van der Waals surface area contributed by atoms with Gasteiger partial charge >= 0.3 is 288 Å². The summed E-state index contributed by atoms with van der Waals surface area (Å²) in [6, 6.07) is 35.1. The van der Waals surface area contributed by atoms with E-state index in [2.05, 4.69) is 178 Å². The maximum absolute atomic E-state index is 2.98. The monoisotopic (exact) mass is 682 g/mol. The van der Waals surface area contributed by atoms with Gasteiger partial charge in [0.1, 0.15) is 0 Å². The molecular weight excluding hydrogens is 632 g/mol. The Labute approximate surface area is 286 Å². The molecule has 0 nitrogen and oxygen atoms in total. The van der Waals surface area contributed by atoms with Crippen LogP contribution in [0.2, 0.25) is 3.12 Å². The third-order valence-electron chi connectivity index (χ3n) is 10.3. The predicted octanol–water partition coefficient (Wildman–Crippen LogP) is 11.5. The van der Waals surface area contributed by atoms with Crippen LogP contribution in [0.5, 0.6) is 0 Å². The molecule has 4 aromatic carbocycles. The first-order valence-corrected chi connectivity index (χ1v) is 20.9. The second-order valence-electron chi connectivity index (χ2n) is 16.6. The molecule has 6 rings (SSSR count). The topological polar surface area (TPSA) is 0 Å². The molecule has 0 spiro atoms. The first-order valence-electron chi connectivity index (χ1n) is 17.2. The van der Waals surface area contributed by atoms with Crippen molar-refractivity contribution in [3.05, 3.63) is 148 Å². The number of hydrogen-bond donors (Lipinski definition) is 0. The van der Waals surface area contributed by atoms with Crippen LogP contribution in [0.25, 0.3) is 11.1 Å². The molecule has 0 radical (unpaired) electrons. The van der Waals surface area contributed by atoms with Gasteiger partial charge in [0.2, 0.25) is 0 Å². The van der Waals surface area contributed by atoms with E-state index in [0.717, 1.165) is 12.8 Å². The van der Waals surface area contributed by atoms with Crippen LogP contribution in [0.15, 0.2) is 115 Å². The van der Waals surface area contributed by atoms with Crippen molar-refractivity contribution >= 4 is 6.48 Å². The molecule has 4 aromatic rings. The van der Waals surface area contributed by atoms with Crippen molar-refractivity contribution in [2.75, 3.05) is 0 Å². The van der Waals surface area contributed by atoms with E-state index in [1.54, 1.807) is 17.6 Å². The van der Waals surface area contributed by atoms with Gasteiger partial charge in [-0.2, -0.15) is 0 Å². The van der Waals surface area contributed by atoms with Crippen LogP contribution in [-0.2, 0) is 38.5 Å². The Morgan fingerprint density at radius 1 is 0.674 bits per heavy atom. The third kappa shape index (κ3) is 5.99. The normalized spacial score (nSPS) is 17.5. The standard InChI is InChI=1S/C21H25.C13H10.C11H17.Zr/c1-20(2,3)16-7-9-18-14(12-16)11-15-13-17(21(4,5)6)8-10-19(15)18;1-3-7-12(8-4-1)11-13-9-5-2-6-10-13;1-5-9-6-7-10(8-9)11(2,3)4;/h7-10,12H,11H2,1-6H3;1-10H;6-8H,5H2,1-4H3;. The fourth-order valence-electron chi connectivity index (χ4n) is 7.54. The summed E-state index contributed by atoms with van der Waals surface area (Å²) in [5, 5.41) is 0. The van der Waals surface area contributed by atoms with Gasteiger partial charge in [0.15, 0.2) is 0 Å². The zero-order valence-corrected chi connectivity index (χ0v) is 32.3. The molecule has 0 aromatic heterocycles. The Kier molecular flexibility index (Phi) is 8.60. The van der Waals surface area contributed by atoms with Gasteiger partial charge < -0.3 is 0 Å². The van der Waals surface area contributed by atoms with Crippen molar-refractivity contribution in [1.82, 2.24) is 0 Å². The summed E-state index contributed by atoms with van der Waals surface area (Å²) in [4.78, 5) is 0. The van der Waals surface area contributed by atoms with Crippen LogP contribution in [0, 0.1) is 5.41 Å². The second-order valence-corrected chi connectivity index (χ2v) is 23.2. The van der Waals surface area contributed by atoms with E-state index in [9.17, 15) is 0 Å². The average Bonchev–Trinajstić information content (AvgIpc) is 3.62. The molecule has 0 heterocycles.